The molecule has 0 aromatic carbocycles. The van der Waals surface area contributed by atoms with Crippen LogP contribution in [0.3, 0.4) is 0 Å². The Labute approximate surface area is 144 Å². The maximum absolute atomic E-state index is 6.04. The van der Waals surface area contributed by atoms with Crippen molar-refractivity contribution in [1.82, 2.24) is 10.3 Å². The number of nitrogens with two attached hydrogens (primary N) is 1. The second kappa shape index (κ2) is 7.42. The zero-order valence-corrected chi connectivity index (χ0v) is 14.8. The Morgan fingerprint density at radius 1 is 1.29 bits per heavy atom. The lowest BCUT2D eigenvalue weighted by molar-refractivity contribution is 0.246. The molecule has 1 aromatic heterocycles. The molecule has 1 heterocycles. The Balaban J connectivity index is 0.00000161. The van der Waals surface area contributed by atoms with Crippen LogP contribution in [0.4, 0.5) is 0 Å². The molecule has 5 heteroatoms. The summed E-state index contributed by atoms with van der Waals surface area (Å²) in [7, 11) is 0. The summed E-state index contributed by atoms with van der Waals surface area (Å²) in [5, 5.41) is 3.36. The summed E-state index contributed by atoms with van der Waals surface area (Å²) in [6.07, 6.45) is 10.5. The fourth-order valence-corrected chi connectivity index (χ4v) is 3.34. The monoisotopic (exact) mass is 400 g/mol. The van der Waals surface area contributed by atoms with Crippen molar-refractivity contribution >= 4 is 29.9 Å². The number of aromatic nitrogens is 1. The van der Waals surface area contributed by atoms with E-state index in [1.807, 2.05) is 12.3 Å². The number of rotatable bonds is 4. The first kappa shape index (κ1) is 16.5. The Morgan fingerprint density at radius 3 is 2.62 bits per heavy atom. The molecule has 0 saturated heterocycles. The molecule has 0 unspecified atom stereocenters. The summed E-state index contributed by atoms with van der Waals surface area (Å²) in [5.41, 5.74) is 7.33. The molecule has 0 bridgehead atoms. The predicted octanol–water partition coefficient (Wildman–Crippen LogP) is 2.97. The van der Waals surface area contributed by atoms with Crippen molar-refractivity contribution in [3.05, 3.63) is 30.1 Å². The second-order valence-electron chi connectivity index (χ2n) is 6.18. The van der Waals surface area contributed by atoms with Crippen LogP contribution in [0.1, 0.15) is 50.6 Å². The molecule has 0 aliphatic heterocycles. The van der Waals surface area contributed by atoms with Crippen LogP contribution in [0.15, 0.2) is 29.4 Å². The number of nitrogens with zero attached hydrogens (tertiary/aromatic N) is 2. The normalized spacial score (nSPS) is 21.4. The van der Waals surface area contributed by atoms with Crippen LogP contribution in [0.2, 0.25) is 0 Å². The van der Waals surface area contributed by atoms with Gasteiger partial charge in [0, 0.05) is 23.3 Å². The van der Waals surface area contributed by atoms with Crippen molar-refractivity contribution in [2.75, 3.05) is 6.54 Å². The minimum absolute atomic E-state index is 0. The van der Waals surface area contributed by atoms with Gasteiger partial charge in [0.25, 0.3) is 0 Å². The SMILES string of the molecule is I.NC(=NCC1(c2ccccn2)CCC1)NC1CCCC1. The van der Waals surface area contributed by atoms with Crippen LogP contribution in [-0.4, -0.2) is 23.5 Å². The van der Waals surface area contributed by atoms with Gasteiger partial charge in [0.05, 0.1) is 6.54 Å². The highest BCUT2D eigenvalue weighted by atomic mass is 127. The van der Waals surface area contributed by atoms with Crippen molar-refractivity contribution in [2.24, 2.45) is 10.7 Å². The molecule has 0 amide bonds. The standard InChI is InChI=1S/C16H24N4.HI/c17-15(20-13-6-1-2-7-13)19-12-16(9-5-10-16)14-8-3-4-11-18-14;/h3-4,8,11,13H,1-2,5-7,9-10,12H2,(H3,17,19,20);1H. The van der Waals surface area contributed by atoms with Crippen LogP contribution in [0.25, 0.3) is 0 Å². The van der Waals surface area contributed by atoms with Gasteiger partial charge < -0.3 is 11.1 Å². The largest absolute Gasteiger partial charge is 0.370 e. The van der Waals surface area contributed by atoms with Gasteiger partial charge in [-0.25, -0.2) is 0 Å². The molecule has 2 fully saturated rings. The Bertz CT molecular complexity index is 464. The molecule has 0 radical (unpaired) electrons. The molecular formula is C16H25IN4. The van der Waals surface area contributed by atoms with E-state index in [4.69, 9.17) is 5.73 Å². The lowest BCUT2D eigenvalue weighted by Gasteiger charge is -2.40. The lowest BCUT2D eigenvalue weighted by Crippen LogP contribution is -2.42. The van der Waals surface area contributed by atoms with Gasteiger partial charge in [-0.3, -0.25) is 9.98 Å². The third kappa shape index (κ3) is 3.87. The van der Waals surface area contributed by atoms with E-state index in [1.54, 1.807) is 0 Å². The molecule has 21 heavy (non-hydrogen) atoms. The molecule has 2 aliphatic rings. The average molecular weight is 400 g/mol. The van der Waals surface area contributed by atoms with E-state index in [1.165, 1.54) is 50.6 Å². The summed E-state index contributed by atoms with van der Waals surface area (Å²) in [6.45, 7) is 0.759. The third-order valence-corrected chi connectivity index (χ3v) is 4.78. The summed E-state index contributed by atoms with van der Waals surface area (Å²) in [4.78, 5) is 9.13. The highest BCUT2D eigenvalue weighted by Gasteiger charge is 2.39. The molecule has 4 nitrogen and oxygen atoms in total. The van der Waals surface area contributed by atoms with E-state index >= 15 is 0 Å². The van der Waals surface area contributed by atoms with E-state index in [-0.39, 0.29) is 29.4 Å². The molecule has 2 aliphatic carbocycles. The number of hydrogen-bond acceptors (Lipinski definition) is 2. The van der Waals surface area contributed by atoms with Gasteiger partial charge in [-0.2, -0.15) is 0 Å². The average Bonchev–Trinajstić information content (AvgIpc) is 2.91. The van der Waals surface area contributed by atoms with Gasteiger partial charge in [-0.15, -0.1) is 24.0 Å². The Morgan fingerprint density at radius 2 is 2.05 bits per heavy atom. The molecule has 3 rings (SSSR count). The summed E-state index contributed by atoms with van der Waals surface area (Å²) in [5.74, 6) is 0.610. The zero-order chi connectivity index (χ0) is 13.8. The Hall–Kier alpha value is -0.850. The van der Waals surface area contributed by atoms with E-state index in [0.717, 1.165) is 6.54 Å². The highest BCUT2D eigenvalue weighted by molar-refractivity contribution is 14.0. The van der Waals surface area contributed by atoms with Gasteiger partial charge in [0.1, 0.15) is 0 Å². The van der Waals surface area contributed by atoms with Gasteiger partial charge in [0.15, 0.2) is 5.96 Å². The van der Waals surface area contributed by atoms with Crippen molar-refractivity contribution in [1.29, 1.82) is 0 Å². The fraction of sp³-hybridized carbons (Fsp3) is 0.625. The van der Waals surface area contributed by atoms with Crippen molar-refractivity contribution in [2.45, 2.75) is 56.4 Å². The highest BCUT2D eigenvalue weighted by Crippen LogP contribution is 2.42. The minimum atomic E-state index is 0. The summed E-state index contributed by atoms with van der Waals surface area (Å²) >= 11 is 0. The van der Waals surface area contributed by atoms with Crippen LogP contribution in [0, 0.1) is 0 Å². The van der Waals surface area contributed by atoms with Crippen LogP contribution < -0.4 is 11.1 Å². The molecule has 3 N–H and O–H groups in total. The van der Waals surface area contributed by atoms with Crippen LogP contribution in [-0.2, 0) is 5.41 Å². The fourth-order valence-electron chi connectivity index (χ4n) is 3.34. The first-order chi connectivity index (χ1) is 9.78. The van der Waals surface area contributed by atoms with E-state index in [9.17, 15) is 0 Å². The Kier molecular flexibility index (Phi) is 5.84. The number of nitrogens with one attached hydrogen (secondary N) is 1. The molecule has 116 valence electrons. The maximum Gasteiger partial charge on any atom is 0.188 e. The molecular weight excluding hydrogens is 375 g/mol. The number of halogens is 1. The van der Waals surface area contributed by atoms with Crippen molar-refractivity contribution < 1.29 is 0 Å². The topological polar surface area (TPSA) is 63.3 Å². The third-order valence-electron chi connectivity index (χ3n) is 4.78. The predicted molar refractivity (Wildman–Crippen MR) is 97.1 cm³/mol. The van der Waals surface area contributed by atoms with Crippen molar-refractivity contribution in [3.63, 3.8) is 0 Å². The summed E-state index contributed by atoms with van der Waals surface area (Å²) < 4.78 is 0. The van der Waals surface area contributed by atoms with Gasteiger partial charge in [0.2, 0.25) is 0 Å². The van der Waals surface area contributed by atoms with Crippen molar-refractivity contribution in [3.8, 4) is 0 Å². The van der Waals surface area contributed by atoms with Crippen LogP contribution in [0.5, 0.6) is 0 Å². The van der Waals surface area contributed by atoms with Gasteiger partial charge >= 0.3 is 0 Å². The molecule has 1 aromatic rings. The molecule has 2 saturated carbocycles. The number of pyridine rings is 1. The molecule has 0 spiro atoms. The first-order valence-electron chi connectivity index (χ1n) is 7.76. The quantitative estimate of drug-likeness (QED) is 0.464. The van der Waals surface area contributed by atoms with E-state index < -0.39 is 0 Å². The van der Waals surface area contributed by atoms with Crippen LogP contribution >= 0.6 is 24.0 Å². The zero-order valence-electron chi connectivity index (χ0n) is 12.4. The summed E-state index contributed by atoms with van der Waals surface area (Å²) in [6, 6.07) is 6.68. The van der Waals surface area contributed by atoms with E-state index in [2.05, 4.69) is 27.4 Å². The maximum atomic E-state index is 6.04. The number of aliphatic imine (C=N–C) groups is 1. The van der Waals surface area contributed by atoms with Gasteiger partial charge in [-0.1, -0.05) is 25.3 Å². The second-order valence-corrected chi connectivity index (χ2v) is 6.18. The minimum Gasteiger partial charge on any atom is -0.370 e. The first-order valence-corrected chi connectivity index (χ1v) is 7.76. The number of hydrogen-bond donors (Lipinski definition) is 2. The molecule has 0 atom stereocenters. The number of guanidine groups is 1. The smallest absolute Gasteiger partial charge is 0.188 e. The van der Waals surface area contributed by atoms with Gasteiger partial charge in [-0.05, 0) is 37.8 Å². The lowest BCUT2D eigenvalue weighted by atomic mass is 9.66. The van der Waals surface area contributed by atoms with E-state index in [0.29, 0.717) is 12.0 Å².